The molecule has 100 valence electrons. The zero-order valence-electron chi connectivity index (χ0n) is 10.7. The lowest BCUT2D eigenvalue weighted by Crippen LogP contribution is -1.98. The Kier molecular flexibility index (Phi) is 4.72. The van der Waals surface area contributed by atoms with E-state index in [0.717, 1.165) is 15.6 Å². The van der Waals surface area contributed by atoms with E-state index in [0.29, 0.717) is 11.5 Å². The maximum Gasteiger partial charge on any atom is 0.161 e. The molecule has 2 aromatic rings. The largest absolute Gasteiger partial charge is 0.493 e. The van der Waals surface area contributed by atoms with Gasteiger partial charge >= 0.3 is 0 Å². The van der Waals surface area contributed by atoms with Crippen LogP contribution in [0.15, 0.2) is 46.9 Å². The van der Waals surface area contributed by atoms with Crippen LogP contribution in [0.2, 0.25) is 0 Å². The van der Waals surface area contributed by atoms with Crippen LogP contribution in [-0.4, -0.2) is 14.2 Å². The van der Waals surface area contributed by atoms with Crippen molar-refractivity contribution in [2.45, 2.75) is 5.38 Å². The summed E-state index contributed by atoms with van der Waals surface area (Å²) in [5.74, 6) is 1.34. The van der Waals surface area contributed by atoms with Gasteiger partial charge in [-0.15, -0.1) is 11.6 Å². The van der Waals surface area contributed by atoms with Gasteiger partial charge in [-0.05, 0) is 23.3 Å². The van der Waals surface area contributed by atoms with E-state index in [1.54, 1.807) is 14.2 Å². The molecule has 0 spiro atoms. The number of halogens is 2. The van der Waals surface area contributed by atoms with Crippen molar-refractivity contribution in [3.8, 4) is 11.5 Å². The predicted molar refractivity (Wildman–Crippen MR) is 81.4 cm³/mol. The van der Waals surface area contributed by atoms with Gasteiger partial charge in [-0.25, -0.2) is 0 Å². The predicted octanol–water partition coefficient (Wildman–Crippen LogP) is 4.79. The summed E-state index contributed by atoms with van der Waals surface area (Å²) in [7, 11) is 3.22. The van der Waals surface area contributed by atoms with Crippen LogP contribution in [0.3, 0.4) is 0 Å². The van der Waals surface area contributed by atoms with E-state index in [4.69, 9.17) is 21.1 Å². The highest BCUT2D eigenvalue weighted by atomic mass is 79.9. The highest BCUT2D eigenvalue weighted by Gasteiger charge is 2.17. The molecule has 0 radical (unpaired) electrons. The second-order valence-corrected chi connectivity index (χ2v) is 5.29. The van der Waals surface area contributed by atoms with Crippen LogP contribution in [0.25, 0.3) is 0 Å². The zero-order valence-corrected chi connectivity index (χ0v) is 13.0. The Labute approximate surface area is 126 Å². The second-order valence-electron chi connectivity index (χ2n) is 4.00. The van der Waals surface area contributed by atoms with Crippen molar-refractivity contribution in [2.75, 3.05) is 14.2 Å². The molecule has 0 aliphatic carbocycles. The summed E-state index contributed by atoms with van der Waals surface area (Å²) in [4.78, 5) is 0. The number of alkyl halides is 1. The Morgan fingerprint density at radius 2 is 1.58 bits per heavy atom. The molecule has 0 N–H and O–H groups in total. The molecule has 2 nitrogen and oxygen atoms in total. The Balaban J connectivity index is 2.45. The lowest BCUT2D eigenvalue weighted by atomic mass is 10.0. The first-order valence-electron chi connectivity index (χ1n) is 5.77. The van der Waals surface area contributed by atoms with Crippen molar-refractivity contribution in [1.29, 1.82) is 0 Å². The third-order valence-electron chi connectivity index (χ3n) is 2.87. The van der Waals surface area contributed by atoms with Crippen LogP contribution >= 0.6 is 27.5 Å². The van der Waals surface area contributed by atoms with E-state index < -0.39 is 0 Å². The quantitative estimate of drug-likeness (QED) is 0.744. The van der Waals surface area contributed by atoms with Crippen molar-refractivity contribution >= 4 is 27.5 Å². The molecular weight excluding hydrogens is 328 g/mol. The minimum Gasteiger partial charge on any atom is -0.493 e. The maximum atomic E-state index is 6.53. The summed E-state index contributed by atoms with van der Waals surface area (Å²) in [6.45, 7) is 0. The van der Waals surface area contributed by atoms with Crippen LogP contribution in [0.4, 0.5) is 0 Å². The minimum absolute atomic E-state index is 0.240. The van der Waals surface area contributed by atoms with Crippen molar-refractivity contribution in [3.63, 3.8) is 0 Å². The molecule has 0 aliphatic heterocycles. The lowest BCUT2D eigenvalue weighted by Gasteiger charge is -2.16. The smallest absolute Gasteiger partial charge is 0.161 e. The number of rotatable bonds is 4. The standard InChI is InChI=1S/C15H14BrClO2/c1-18-13-8-11(12(16)9-14(13)19-2)15(17)10-6-4-3-5-7-10/h3-9,15H,1-2H3. The van der Waals surface area contributed by atoms with Gasteiger partial charge in [0.05, 0.1) is 19.6 Å². The summed E-state index contributed by atoms with van der Waals surface area (Å²) in [5.41, 5.74) is 1.99. The Morgan fingerprint density at radius 1 is 1.00 bits per heavy atom. The fourth-order valence-corrected chi connectivity index (χ4v) is 2.87. The second kappa shape index (κ2) is 6.31. The molecule has 2 aromatic carbocycles. The molecule has 0 fully saturated rings. The van der Waals surface area contributed by atoms with E-state index in [1.165, 1.54) is 0 Å². The highest BCUT2D eigenvalue weighted by Crippen LogP contribution is 2.40. The Hall–Kier alpha value is -1.19. The van der Waals surface area contributed by atoms with Crippen LogP contribution in [0.1, 0.15) is 16.5 Å². The number of methoxy groups -OCH3 is 2. The molecule has 1 atom stereocenters. The minimum atomic E-state index is -0.240. The molecule has 2 rings (SSSR count). The highest BCUT2D eigenvalue weighted by molar-refractivity contribution is 9.10. The summed E-state index contributed by atoms with van der Waals surface area (Å²) >= 11 is 10.1. The third kappa shape index (κ3) is 3.04. The summed E-state index contributed by atoms with van der Waals surface area (Å²) < 4.78 is 11.5. The topological polar surface area (TPSA) is 18.5 Å². The van der Waals surface area contributed by atoms with Gasteiger partial charge in [0.1, 0.15) is 0 Å². The Bertz CT molecular complexity index is 558. The normalized spacial score (nSPS) is 12.0. The molecular formula is C15H14BrClO2. The SMILES string of the molecule is COc1cc(Br)c(C(Cl)c2ccccc2)cc1OC. The van der Waals surface area contributed by atoms with Gasteiger partial charge in [-0.1, -0.05) is 46.3 Å². The summed E-state index contributed by atoms with van der Waals surface area (Å²) in [6, 6.07) is 13.7. The van der Waals surface area contributed by atoms with E-state index in [-0.39, 0.29) is 5.38 Å². The van der Waals surface area contributed by atoms with Crippen LogP contribution in [0.5, 0.6) is 11.5 Å². The van der Waals surface area contributed by atoms with Gasteiger partial charge in [-0.3, -0.25) is 0 Å². The average Bonchev–Trinajstić information content (AvgIpc) is 2.47. The maximum absolute atomic E-state index is 6.53. The fourth-order valence-electron chi connectivity index (χ4n) is 1.87. The van der Waals surface area contributed by atoms with Crippen LogP contribution in [-0.2, 0) is 0 Å². The molecule has 0 heterocycles. The zero-order chi connectivity index (χ0) is 13.8. The van der Waals surface area contributed by atoms with Gasteiger partial charge in [0, 0.05) is 4.47 Å². The average molecular weight is 342 g/mol. The van der Waals surface area contributed by atoms with Gasteiger partial charge < -0.3 is 9.47 Å². The van der Waals surface area contributed by atoms with E-state index in [1.807, 2.05) is 42.5 Å². The number of benzene rings is 2. The molecule has 0 saturated carbocycles. The van der Waals surface area contributed by atoms with Crippen LogP contribution < -0.4 is 9.47 Å². The first-order valence-corrected chi connectivity index (χ1v) is 7.00. The molecule has 19 heavy (non-hydrogen) atoms. The van der Waals surface area contributed by atoms with Crippen LogP contribution in [0, 0.1) is 0 Å². The Morgan fingerprint density at radius 3 is 2.16 bits per heavy atom. The van der Waals surface area contributed by atoms with E-state index in [2.05, 4.69) is 15.9 Å². The molecule has 0 saturated heterocycles. The molecule has 0 bridgehead atoms. The van der Waals surface area contributed by atoms with E-state index >= 15 is 0 Å². The fraction of sp³-hybridized carbons (Fsp3) is 0.200. The molecule has 4 heteroatoms. The third-order valence-corrected chi connectivity index (χ3v) is 4.04. The first kappa shape index (κ1) is 14.2. The van der Waals surface area contributed by atoms with Gasteiger partial charge in [0.15, 0.2) is 11.5 Å². The molecule has 0 amide bonds. The van der Waals surface area contributed by atoms with Crippen molar-refractivity contribution in [2.24, 2.45) is 0 Å². The first-order chi connectivity index (χ1) is 9.17. The van der Waals surface area contributed by atoms with Crippen molar-refractivity contribution in [3.05, 3.63) is 58.1 Å². The van der Waals surface area contributed by atoms with Gasteiger partial charge in [-0.2, -0.15) is 0 Å². The van der Waals surface area contributed by atoms with E-state index in [9.17, 15) is 0 Å². The van der Waals surface area contributed by atoms with Crippen molar-refractivity contribution < 1.29 is 9.47 Å². The number of hydrogen-bond donors (Lipinski definition) is 0. The molecule has 0 aromatic heterocycles. The van der Waals surface area contributed by atoms with Crippen molar-refractivity contribution in [1.82, 2.24) is 0 Å². The number of hydrogen-bond acceptors (Lipinski definition) is 2. The summed E-state index contributed by atoms with van der Waals surface area (Å²) in [6.07, 6.45) is 0. The van der Waals surface area contributed by atoms with Gasteiger partial charge in [0.2, 0.25) is 0 Å². The number of ether oxygens (including phenoxy) is 2. The lowest BCUT2D eigenvalue weighted by molar-refractivity contribution is 0.354. The van der Waals surface area contributed by atoms with Gasteiger partial charge in [0.25, 0.3) is 0 Å². The summed E-state index contributed by atoms with van der Waals surface area (Å²) in [5, 5.41) is -0.240. The molecule has 0 aliphatic rings. The monoisotopic (exact) mass is 340 g/mol. The molecule has 1 unspecified atom stereocenters.